The van der Waals surface area contributed by atoms with Crippen molar-refractivity contribution in [2.75, 3.05) is 20.2 Å². The van der Waals surface area contributed by atoms with E-state index < -0.39 is 0 Å². The van der Waals surface area contributed by atoms with Crippen LogP contribution in [0.3, 0.4) is 0 Å². The summed E-state index contributed by atoms with van der Waals surface area (Å²) in [5.74, 6) is -0.392. The maximum atomic E-state index is 13.0. The van der Waals surface area contributed by atoms with E-state index in [1.807, 2.05) is 13.8 Å². The minimum atomic E-state index is -0.327. The first kappa shape index (κ1) is 20.3. The molecule has 0 atom stereocenters. The fourth-order valence-corrected chi connectivity index (χ4v) is 3.41. The summed E-state index contributed by atoms with van der Waals surface area (Å²) in [5, 5.41) is 0. The number of hydrogen-bond donors (Lipinski definition) is 0. The van der Waals surface area contributed by atoms with E-state index in [1.165, 1.54) is 12.0 Å². The highest BCUT2D eigenvalue weighted by molar-refractivity contribution is 6.21. The lowest BCUT2D eigenvalue weighted by Gasteiger charge is -2.23. The van der Waals surface area contributed by atoms with Crippen molar-refractivity contribution in [3.05, 3.63) is 76.9 Å². The van der Waals surface area contributed by atoms with Gasteiger partial charge in [0.2, 0.25) is 0 Å². The normalized spacial score (nSPS) is 12.7. The van der Waals surface area contributed by atoms with E-state index in [0.29, 0.717) is 41.1 Å². The second-order valence-corrected chi connectivity index (χ2v) is 7.05. The molecule has 0 aromatic heterocycles. The molecule has 0 aliphatic carbocycles. The highest BCUT2D eigenvalue weighted by Gasteiger charge is 2.35. The van der Waals surface area contributed by atoms with Crippen molar-refractivity contribution in [2.24, 2.45) is 0 Å². The molecule has 3 amide bonds. The molecule has 1 aliphatic rings. The molecule has 0 saturated heterocycles. The van der Waals surface area contributed by atoms with Crippen LogP contribution in [0.15, 0.2) is 54.6 Å². The van der Waals surface area contributed by atoms with Crippen LogP contribution in [-0.2, 0) is 6.54 Å². The van der Waals surface area contributed by atoms with Crippen LogP contribution in [0.25, 0.3) is 0 Å². The van der Waals surface area contributed by atoms with Gasteiger partial charge in [0.1, 0.15) is 5.75 Å². The lowest BCUT2D eigenvalue weighted by molar-refractivity contribution is 0.0642. The summed E-state index contributed by atoms with van der Waals surface area (Å²) >= 11 is 0. The predicted octanol–water partition coefficient (Wildman–Crippen LogP) is 3.53. The third-order valence-electron chi connectivity index (χ3n) is 4.84. The topological polar surface area (TPSA) is 66.9 Å². The van der Waals surface area contributed by atoms with E-state index in [0.717, 1.165) is 5.57 Å². The molecule has 29 heavy (non-hydrogen) atoms. The molecule has 6 heteroatoms. The van der Waals surface area contributed by atoms with Crippen molar-refractivity contribution >= 4 is 17.7 Å². The maximum absolute atomic E-state index is 13.0. The molecule has 2 aromatic carbocycles. The smallest absolute Gasteiger partial charge is 0.261 e. The Balaban J connectivity index is 1.90. The second-order valence-electron chi connectivity index (χ2n) is 7.05. The second kappa shape index (κ2) is 8.31. The van der Waals surface area contributed by atoms with Crippen LogP contribution in [0.2, 0.25) is 0 Å². The molecule has 150 valence electrons. The van der Waals surface area contributed by atoms with Gasteiger partial charge in [-0.3, -0.25) is 19.3 Å². The molecule has 0 radical (unpaired) electrons. The largest absolute Gasteiger partial charge is 0.496 e. The van der Waals surface area contributed by atoms with Crippen molar-refractivity contribution in [1.29, 1.82) is 0 Å². The summed E-state index contributed by atoms with van der Waals surface area (Å²) in [6, 6.07) is 11.9. The van der Waals surface area contributed by atoms with Crippen molar-refractivity contribution in [3.8, 4) is 5.75 Å². The van der Waals surface area contributed by atoms with Crippen molar-refractivity contribution < 1.29 is 19.1 Å². The third-order valence-corrected chi connectivity index (χ3v) is 4.84. The van der Waals surface area contributed by atoms with Gasteiger partial charge in [-0.05, 0) is 43.7 Å². The van der Waals surface area contributed by atoms with Crippen LogP contribution in [0, 0.1) is 0 Å². The van der Waals surface area contributed by atoms with E-state index in [4.69, 9.17) is 4.74 Å². The Hall–Kier alpha value is -3.41. The van der Waals surface area contributed by atoms with Gasteiger partial charge < -0.3 is 9.64 Å². The van der Waals surface area contributed by atoms with E-state index in [1.54, 1.807) is 47.4 Å². The zero-order valence-electron chi connectivity index (χ0n) is 16.9. The number of methoxy groups -OCH3 is 1. The lowest BCUT2D eigenvalue weighted by Crippen LogP contribution is -2.33. The van der Waals surface area contributed by atoms with Gasteiger partial charge in [0.15, 0.2) is 0 Å². The summed E-state index contributed by atoms with van der Waals surface area (Å²) in [5.41, 5.74) is 2.75. The number of amides is 3. The minimum Gasteiger partial charge on any atom is -0.496 e. The molecular weight excluding hydrogens is 368 g/mol. The average molecular weight is 392 g/mol. The van der Waals surface area contributed by atoms with E-state index >= 15 is 0 Å². The lowest BCUT2D eigenvalue weighted by atomic mass is 10.1. The average Bonchev–Trinajstić information content (AvgIpc) is 2.96. The number of ether oxygens (including phenoxy) is 1. The summed E-state index contributed by atoms with van der Waals surface area (Å²) < 4.78 is 5.37. The predicted molar refractivity (Wildman–Crippen MR) is 110 cm³/mol. The van der Waals surface area contributed by atoms with E-state index in [-0.39, 0.29) is 24.3 Å². The molecule has 0 spiro atoms. The van der Waals surface area contributed by atoms with Gasteiger partial charge in [0.25, 0.3) is 17.7 Å². The first-order chi connectivity index (χ1) is 13.9. The number of rotatable bonds is 7. The number of nitrogens with zero attached hydrogens (tertiary/aromatic N) is 2. The summed E-state index contributed by atoms with van der Waals surface area (Å²) in [6.07, 6.45) is 0. The monoisotopic (exact) mass is 392 g/mol. The number of imide groups is 1. The fourth-order valence-electron chi connectivity index (χ4n) is 3.41. The molecule has 6 nitrogen and oxygen atoms in total. The molecule has 2 aromatic rings. The van der Waals surface area contributed by atoms with Crippen LogP contribution >= 0.6 is 0 Å². The Kier molecular flexibility index (Phi) is 5.82. The Morgan fingerprint density at radius 1 is 1.10 bits per heavy atom. The zero-order valence-corrected chi connectivity index (χ0v) is 16.9. The summed E-state index contributed by atoms with van der Waals surface area (Å²) in [4.78, 5) is 41.2. The summed E-state index contributed by atoms with van der Waals surface area (Å²) in [7, 11) is 1.50. The van der Waals surface area contributed by atoms with Crippen molar-refractivity contribution in [2.45, 2.75) is 20.4 Å². The van der Waals surface area contributed by atoms with Gasteiger partial charge in [-0.25, -0.2) is 0 Å². The molecule has 0 fully saturated rings. The molecule has 1 heterocycles. The first-order valence-corrected chi connectivity index (χ1v) is 9.43. The Morgan fingerprint density at radius 2 is 1.72 bits per heavy atom. The number of hydrogen-bond acceptors (Lipinski definition) is 4. The fraction of sp³-hybridized carbons (Fsp3) is 0.261. The highest BCUT2D eigenvalue weighted by Crippen LogP contribution is 2.27. The summed E-state index contributed by atoms with van der Waals surface area (Å²) in [6.45, 7) is 8.70. The van der Waals surface area contributed by atoms with Gasteiger partial charge in [-0.15, -0.1) is 0 Å². The molecule has 0 unspecified atom stereocenters. The number of carbonyl (C=O) groups excluding carboxylic acids is 3. The van der Waals surface area contributed by atoms with Crippen LogP contribution < -0.4 is 4.74 Å². The molecule has 3 rings (SSSR count). The van der Waals surface area contributed by atoms with Crippen LogP contribution in [0.1, 0.15) is 50.5 Å². The number of carbonyl (C=O) groups is 3. The number of benzene rings is 2. The number of fused-ring (bicyclic) bond motifs is 1. The van der Waals surface area contributed by atoms with Crippen molar-refractivity contribution in [3.63, 3.8) is 0 Å². The zero-order chi connectivity index (χ0) is 21.1. The molecule has 0 bridgehead atoms. The van der Waals surface area contributed by atoms with Crippen LogP contribution in [0.4, 0.5) is 0 Å². The molecular formula is C23H24N2O4. The number of likely N-dealkylation sites (N-methyl/N-ethyl adjacent to an activating group) is 1. The molecule has 0 saturated carbocycles. The van der Waals surface area contributed by atoms with Gasteiger partial charge in [-0.2, -0.15) is 0 Å². The molecule has 0 N–H and O–H groups in total. The van der Waals surface area contributed by atoms with Gasteiger partial charge in [0.05, 0.1) is 30.3 Å². The highest BCUT2D eigenvalue weighted by atomic mass is 16.5. The van der Waals surface area contributed by atoms with Gasteiger partial charge in [0, 0.05) is 13.1 Å². The van der Waals surface area contributed by atoms with Crippen LogP contribution in [-0.4, -0.2) is 47.7 Å². The van der Waals surface area contributed by atoms with Gasteiger partial charge in [-0.1, -0.05) is 30.4 Å². The maximum Gasteiger partial charge on any atom is 0.261 e. The quantitative estimate of drug-likeness (QED) is 0.534. The van der Waals surface area contributed by atoms with Crippen molar-refractivity contribution in [1.82, 2.24) is 9.80 Å². The Morgan fingerprint density at radius 3 is 2.24 bits per heavy atom. The Labute approximate surface area is 170 Å². The van der Waals surface area contributed by atoms with E-state index in [9.17, 15) is 14.4 Å². The van der Waals surface area contributed by atoms with Gasteiger partial charge >= 0.3 is 0 Å². The third kappa shape index (κ3) is 3.92. The SMILES string of the molecule is C=C(C)CN(CC)C(=O)c1cc(CN2C(=O)c3ccccc3C2=O)ccc1OC. The van der Waals surface area contributed by atoms with Crippen LogP contribution in [0.5, 0.6) is 5.75 Å². The Bertz CT molecular complexity index is 961. The van der Waals surface area contributed by atoms with E-state index in [2.05, 4.69) is 6.58 Å². The molecule has 1 aliphatic heterocycles. The first-order valence-electron chi connectivity index (χ1n) is 9.43. The minimum absolute atomic E-state index is 0.0865. The standard InChI is InChI=1S/C23H24N2O4/c1-5-24(13-15(2)3)21(26)19-12-16(10-11-20(19)29-4)14-25-22(27)17-8-6-7-9-18(17)23(25)28/h6-12H,2,5,13-14H2,1,3-4H3.